The molecule has 0 heterocycles. The summed E-state index contributed by atoms with van der Waals surface area (Å²) in [7, 11) is 0. The molecule has 1 unspecified atom stereocenters. The van der Waals surface area contributed by atoms with Gasteiger partial charge in [0, 0.05) is 11.6 Å². The zero-order valence-corrected chi connectivity index (χ0v) is 11.9. The zero-order chi connectivity index (χ0) is 16.1. The summed E-state index contributed by atoms with van der Waals surface area (Å²) < 4.78 is 0. The molecule has 2 rings (SSSR count). The number of aliphatic hydroxyl groups excluding tert-OH is 1. The summed E-state index contributed by atoms with van der Waals surface area (Å²) in [5.74, 6) is -0.902. The molecule has 0 saturated carbocycles. The smallest absolute Gasteiger partial charge is 0.273 e. The number of phenolic OH excluding ortho intramolecular Hbond substituents is 2. The van der Waals surface area contributed by atoms with Crippen LogP contribution in [0.15, 0.2) is 53.6 Å². The summed E-state index contributed by atoms with van der Waals surface area (Å²) in [4.78, 5) is 11.8. The Morgan fingerprint density at radius 3 is 2.45 bits per heavy atom. The van der Waals surface area contributed by atoms with Crippen molar-refractivity contribution in [2.24, 2.45) is 5.10 Å². The van der Waals surface area contributed by atoms with Gasteiger partial charge in [0.2, 0.25) is 0 Å². The van der Waals surface area contributed by atoms with Crippen molar-refractivity contribution in [2.75, 3.05) is 0 Å². The van der Waals surface area contributed by atoms with Gasteiger partial charge in [-0.3, -0.25) is 4.79 Å². The fraction of sp³-hybridized carbons (Fsp3) is 0.125. The normalized spacial score (nSPS) is 12.7. The van der Waals surface area contributed by atoms with Gasteiger partial charge in [-0.25, -0.2) is 5.43 Å². The van der Waals surface area contributed by atoms with Crippen LogP contribution in [0.3, 0.4) is 0 Å². The fourth-order valence-corrected chi connectivity index (χ4v) is 1.87. The highest BCUT2D eigenvalue weighted by molar-refractivity contribution is 6.01. The molecule has 0 aliphatic heterocycles. The molecule has 0 radical (unpaired) electrons. The first-order valence-electron chi connectivity index (χ1n) is 6.58. The van der Waals surface area contributed by atoms with Gasteiger partial charge < -0.3 is 15.3 Å². The van der Waals surface area contributed by atoms with Gasteiger partial charge in [0.05, 0.1) is 5.71 Å². The third-order valence-corrected chi connectivity index (χ3v) is 3.07. The largest absolute Gasteiger partial charge is 0.508 e. The number of hydrogen-bond donors (Lipinski definition) is 4. The van der Waals surface area contributed by atoms with Crippen LogP contribution in [0.5, 0.6) is 11.5 Å². The number of benzene rings is 2. The Labute approximate surface area is 127 Å². The van der Waals surface area contributed by atoms with Crippen molar-refractivity contribution in [1.82, 2.24) is 5.43 Å². The predicted octanol–water partition coefficient (Wildman–Crippen LogP) is 1.67. The van der Waals surface area contributed by atoms with E-state index in [0.717, 1.165) is 0 Å². The number of hydrogen-bond acceptors (Lipinski definition) is 5. The van der Waals surface area contributed by atoms with Crippen LogP contribution in [0.1, 0.15) is 24.2 Å². The van der Waals surface area contributed by atoms with Crippen molar-refractivity contribution >= 4 is 11.6 Å². The highest BCUT2D eigenvalue weighted by atomic mass is 16.3. The molecule has 0 bridgehead atoms. The molecular formula is C16H16N2O4. The van der Waals surface area contributed by atoms with Crippen molar-refractivity contribution < 1.29 is 20.1 Å². The number of rotatable bonds is 4. The second-order valence-electron chi connectivity index (χ2n) is 4.69. The molecular weight excluding hydrogens is 284 g/mol. The van der Waals surface area contributed by atoms with E-state index in [-0.39, 0.29) is 11.5 Å². The number of aromatic hydroxyl groups is 2. The van der Waals surface area contributed by atoms with Crippen LogP contribution in [-0.2, 0) is 4.79 Å². The Balaban J connectivity index is 2.09. The second-order valence-corrected chi connectivity index (χ2v) is 4.69. The van der Waals surface area contributed by atoms with Gasteiger partial charge in [0.25, 0.3) is 5.91 Å². The minimum atomic E-state index is -1.33. The molecule has 0 saturated heterocycles. The first-order chi connectivity index (χ1) is 10.5. The molecule has 0 aliphatic carbocycles. The minimum absolute atomic E-state index is 0.0717. The molecule has 0 aromatic heterocycles. The zero-order valence-electron chi connectivity index (χ0n) is 11.9. The van der Waals surface area contributed by atoms with E-state index in [1.165, 1.54) is 18.2 Å². The summed E-state index contributed by atoms with van der Waals surface area (Å²) in [6.07, 6.45) is -1.33. The van der Waals surface area contributed by atoms with Crippen LogP contribution in [0.25, 0.3) is 0 Å². The topological polar surface area (TPSA) is 102 Å². The van der Waals surface area contributed by atoms with Crippen LogP contribution in [0.4, 0.5) is 0 Å². The lowest BCUT2D eigenvalue weighted by molar-refractivity contribution is -0.129. The molecule has 114 valence electrons. The second kappa shape index (κ2) is 6.73. The highest BCUT2D eigenvalue weighted by Gasteiger charge is 2.16. The van der Waals surface area contributed by atoms with Gasteiger partial charge in [-0.05, 0) is 24.6 Å². The van der Waals surface area contributed by atoms with Gasteiger partial charge in [-0.2, -0.15) is 5.10 Å². The Morgan fingerprint density at radius 1 is 1.14 bits per heavy atom. The average molecular weight is 300 g/mol. The van der Waals surface area contributed by atoms with Crippen molar-refractivity contribution in [3.63, 3.8) is 0 Å². The first-order valence-corrected chi connectivity index (χ1v) is 6.58. The Hall–Kier alpha value is -2.86. The van der Waals surface area contributed by atoms with Crippen LogP contribution in [0, 0.1) is 0 Å². The summed E-state index contributed by atoms with van der Waals surface area (Å²) in [5.41, 5.74) is 3.41. The van der Waals surface area contributed by atoms with E-state index in [1.54, 1.807) is 37.3 Å². The van der Waals surface area contributed by atoms with E-state index in [2.05, 4.69) is 10.5 Å². The van der Waals surface area contributed by atoms with Crippen LogP contribution in [-0.4, -0.2) is 26.9 Å². The van der Waals surface area contributed by atoms with Crippen molar-refractivity contribution in [3.05, 3.63) is 59.7 Å². The van der Waals surface area contributed by atoms with Crippen LogP contribution >= 0.6 is 0 Å². The number of carbonyl (C=O) groups excluding carboxylic acids is 1. The number of amides is 1. The van der Waals surface area contributed by atoms with Crippen LogP contribution < -0.4 is 5.43 Å². The maximum absolute atomic E-state index is 11.8. The number of nitrogens with zero attached hydrogens (tertiary/aromatic N) is 1. The van der Waals surface area contributed by atoms with Crippen molar-refractivity contribution in [2.45, 2.75) is 13.0 Å². The van der Waals surface area contributed by atoms with Gasteiger partial charge in [-0.1, -0.05) is 30.3 Å². The quantitative estimate of drug-likeness (QED) is 0.509. The molecule has 1 amide bonds. The summed E-state index contributed by atoms with van der Waals surface area (Å²) >= 11 is 0. The molecule has 1 atom stereocenters. The monoisotopic (exact) mass is 300 g/mol. The predicted molar refractivity (Wildman–Crippen MR) is 81.5 cm³/mol. The average Bonchev–Trinajstić information content (AvgIpc) is 2.52. The van der Waals surface area contributed by atoms with Gasteiger partial charge in [-0.15, -0.1) is 0 Å². The van der Waals surface area contributed by atoms with Gasteiger partial charge in [0.1, 0.15) is 11.5 Å². The summed E-state index contributed by atoms with van der Waals surface area (Å²) in [6.45, 7) is 1.58. The van der Waals surface area contributed by atoms with E-state index >= 15 is 0 Å². The summed E-state index contributed by atoms with van der Waals surface area (Å²) in [6, 6.07) is 12.5. The lowest BCUT2D eigenvalue weighted by Gasteiger charge is -2.10. The summed E-state index contributed by atoms with van der Waals surface area (Å²) in [5, 5.41) is 32.7. The Bertz CT molecular complexity index is 699. The van der Waals surface area contributed by atoms with Gasteiger partial charge in [0.15, 0.2) is 6.10 Å². The maximum Gasteiger partial charge on any atom is 0.273 e. The third kappa shape index (κ3) is 3.62. The molecule has 4 N–H and O–H groups in total. The molecule has 0 spiro atoms. The van der Waals surface area contributed by atoms with E-state index < -0.39 is 12.0 Å². The van der Waals surface area contributed by atoms with E-state index in [9.17, 15) is 20.1 Å². The molecule has 0 fully saturated rings. The van der Waals surface area contributed by atoms with E-state index in [1.807, 2.05) is 0 Å². The number of phenols is 2. The van der Waals surface area contributed by atoms with Crippen molar-refractivity contribution in [3.8, 4) is 11.5 Å². The van der Waals surface area contributed by atoms with E-state index in [4.69, 9.17) is 0 Å². The molecule has 0 aliphatic rings. The number of hydrazone groups is 1. The highest BCUT2D eigenvalue weighted by Crippen LogP contribution is 2.23. The van der Waals surface area contributed by atoms with E-state index in [0.29, 0.717) is 16.8 Å². The number of nitrogens with one attached hydrogen (secondary N) is 1. The number of aliphatic hydroxyl groups is 1. The lowest BCUT2D eigenvalue weighted by Crippen LogP contribution is -2.26. The third-order valence-electron chi connectivity index (χ3n) is 3.07. The van der Waals surface area contributed by atoms with Crippen LogP contribution in [0.2, 0.25) is 0 Å². The minimum Gasteiger partial charge on any atom is -0.508 e. The fourth-order valence-electron chi connectivity index (χ4n) is 1.87. The molecule has 22 heavy (non-hydrogen) atoms. The first kappa shape index (κ1) is 15.5. The molecule has 2 aromatic rings. The SMILES string of the molecule is CC(=NNC(=O)C(O)c1ccccc1)c1ccc(O)cc1O. The Morgan fingerprint density at radius 2 is 1.82 bits per heavy atom. The van der Waals surface area contributed by atoms with Gasteiger partial charge >= 0.3 is 0 Å². The van der Waals surface area contributed by atoms with Crippen molar-refractivity contribution in [1.29, 1.82) is 0 Å². The lowest BCUT2D eigenvalue weighted by atomic mass is 10.1. The molecule has 6 nitrogen and oxygen atoms in total. The molecule has 2 aromatic carbocycles. The Kier molecular flexibility index (Phi) is 4.75. The number of carbonyl (C=O) groups is 1. The molecule has 6 heteroatoms. The standard InChI is InChI=1S/C16H16N2O4/c1-10(13-8-7-12(19)9-14(13)20)17-18-16(22)15(21)11-5-3-2-4-6-11/h2-9,15,19-21H,1H3,(H,18,22). The maximum atomic E-state index is 11.8.